The molecule has 8 heteroatoms. The van der Waals surface area contributed by atoms with Crippen LogP contribution in [0, 0.1) is 6.92 Å². The maximum atomic E-state index is 6.31. The highest BCUT2D eigenvalue weighted by Gasteiger charge is 2.22. The van der Waals surface area contributed by atoms with Gasteiger partial charge in [0.25, 0.3) is 0 Å². The Hall–Kier alpha value is -2.68. The fraction of sp³-hybridized carbons (Fsp3) is 0.364. The van der Waals surface area contributed by atoms with Crippen LogP contribution in [-0.4, -0.2) is 45.7 Å². The van der Waals surface area contributed by atoms with Crippen LogP contribution in [0.4, 0.5) is 5.82 Å². The van der Waals surface area contributed by atoms with E-state index in [4.69, 9.17) is 16.2 Å². The average Bonchev–Trinajstić information content (AvgIpc) is 3.30. The van der Waals surface area contributed by atoms with Crippen LogP contribution in [0.25, 0.3) is 26.0 Å². The summed E-state index contributed by atoms with van der Waals surface area (Å²) in [7, 11) is 1.72. The second kappa shape index (κ2) is 7.54. The molecule has 7 nitrogen and oxygen atoms in total. The van der Waals surface area contributed by atoms with Crippen LogP contribution in [0.5, 0.6) is 5.75 Å². The zero-order valence-corrected chi connectivity index (χ0v) is 18.1. The molecule has 5 rings (SSSR count). The van der Waals surface area contributed by atoms with Gasteiger partial charge in [-0.25, -0.2) is 9.50 Å². The van der Waals surface area contributed by atoms with Gasteiger partial charge in [-0.2, -0.15) is 5.10 Å². The summed E-state index contributed by atoms with van der Waals surface area (Å²) in [5, 5.41) is 5.69. The Morgan fingerprint density at radius 1 is 1.27 bits per heavy atom. The third-order valence-corrected chi connectivity index (χ3v) is 6.99. The fourth-order valence-electron chi connectivity index (χ4n) is 4.45. The number of nitrogens with zero attached hydrogens (tertiary/aromatic N) is 4. The summed E-state index contributed by atoms with van der Waals surface area (Å²) in [6.45, 7) is 4.83. The molecule has 4 aromatic rings. The summed E-state index contributed by atoms with van der Waals surface area (Å²) in [6, 6.07) is 8.90. The van der Waals surface area contributed by atoms with E-state index < -0.39 is 0 Å². The lowest BCUT2D eigenvalue weighted by atomic mass is 10.1. The predicted molar refractivity (Wildman–Crippen MR) is 122 cm³/mol. The van der Waals surface area contributed by atoms with Gasteiger partial charge >= 0.3 is 0 Å². The van der Waals surface area contributed by atoms with Crippen molar-refractivity contribution in [2.45, 2.75) is 32.4 Å². The maximum absolute atomic E-state index is 6.31. The lowest BCUT2D eigenvalue weighted by Gasteiger charge is -2.30. The Balaban J connectivity index is 1.63. The topological polar surface area (TPSA) is 94.7 Å². The van der Waals surface area contributed by atoms with Crippen molar-refractivity contribution in [2.75, 3.05) is 25.9 Å². The first-order chi connectivity index (χ1) is 14.5. The highest BCUT2D eigenvalue weighted by molar-refractivity contribution is 7.22. The van der Waals surface area contributed by atoms with E-state index in [1.54, 1.807) is 18.4 Å². The fourth-order valence-corrected chi connectivity index (χ4v) is 5.60. The molecule has 0 bridgehead atoms. The minimum atomic E-state index is 0.238. The van der Waals surface area contributed by atoms with Crippen LogP contribution in [0.1, 0.15) is 24.1 Å². The lowest BCUT2D eigenvalue weighted by molar-refractivity contribution is 0.198. The first-order valence-corrected chi connectivity index (χ1v) is 11.0. The molecule has 0 aliphatic carbocycles. The maximum Gasteiger partial charge on any atom is 0.152 e. The predicted octanol–water partition coefficient (Wildman–Crippen LogP) is 3.43. The number of anilines is 1. The van der Waals surface area contributed by atoms with Gasteiger partial charge in [-0.05, 0) is 55.5 Å². The molecule has 0 amide bonds. The SMILES string of the molecule is COc1cc(C)cc2cc(-c3cc(CN4CCCC(N)C4)n4ncnc(N)c34)sc12. The van der Waals surface area contributed by atoms with Gasteiger partial charge in [0.1, 0.15) is 17.6 Å². The van der Waals surface area contributed by atoms with E-state index in [1.807, 2.05) is 4.52 Å². The number of piperidine rings is 1. The first-order valence-electron chi connectivity index (χ1n) is 10.2. The lowest BCUT2D eigenvalue weighted by Crippen LogP contribution is -2.42. The van der Waals surface area contributed by atoms with Crippen molar-refractivity contribution >= 4 is 32.8 Å². The average molecular weight is 423 g/mol. The monoisotopic (exact) mass is 422 g/mol. The number of nitrogen functional groups attached to an aromatic ring is 1. The van der Waals surface area contributed by atoms with Gasteiger partial charge in [0, 0.05) is 29.6 Å². The number of fused-ring (bicyclic) bond motifs is 2. The van der Waals surface area contributed by atoms with Crippen LogP contribution < -0.4 is 16.2 Å². The first kappa shape index (κ1) is 19.3. The molecule has 4 heterocycles. The van der Waals surface area contributed by atoms with Crippen molar-refractivity contribution in [2.24, 2.45) is 5.73 Å². The molecular formula is C22H26N6OS. The molecule has 0 saturated carbocycles. The van der Waals surface area contributed by atoms with E-state index in [9.17, 15) is 0 Å². The van der Waals surface area contributed by atoms with Gasteiger partial charge in [-0.3, -0.25) is 4.90 Å². The van der Waals surface area contributed by atoms with E-state index in [0.717, 1.165) is 64.6 Å². The number of methoxy groups -OCH3 is 1. The smallest absolute Gasteiger partial charge is 0.152 e. The molecule has 30 heavy (non-hydrogen) atoms. The number of ether oxygens (including phenoxy) is 1. The molecule has 1 unspecified atom stereocenters. The van der Waals surface area contributed by atoms with Gasteiger partial charge in [0.15, 0.2) is 5.82 Å². The molecule has 156 valence electrons. The summed E-state index contributed by atoms with van der Waals surface area (Å²) in [6.07, 6.45) is 3.74. The standard InChI is InChI=1S/C22H26N6OS/c1-13-6-14-8-19(30-21(14)18(7-13)29-2)17-9-16(11-27-5-3-4-15(23)10-27)28-20(17)22(24)25-12-26-28/h6-9,12,15H,3-5,10-11,23H2,1-2H3,(H2,24,25,26). The van der Waals surface area contributed by atoms with Crippen LogP contribution in [-0.2, 0) is 6.54 Å². The minimum absolute atomic E-state index is 0.238. The van der Waals surface area contributed by atoms with Gasteiger partial charge < -0.3 is 16.2 Å². The third-order valence-electron chi connectivity index (χ3n) is 5.80. The summed E-state index contributed by atoms with van der Waals surface area (Å²) < 4.78 is 8.69. The van der Waals surface area contributed by atoms with E-state index in [2.05, 4.69) is 46.2 Å². The minimum Gasteiger partial charge on any atom is -0.495 e. The van der Waals surface area contributed by atoms with Crippen molar-refractivity contribution in [1.82, 2.24) is 19.5 Å². The molecular weight excluding hydrogens is 396 g/mol. The molecule has 1 atom stereocenters. The van der Waals surface area contributed by atoms with Crippen LogP contribution in [0.3, 0.4) is 0 Å². The normalized spacial score (nSPS) is 17.8. The second-order valence-corrected chi connectivity index (χ2v) is 9.14. The molecule has 3 aromatic heterocycles. The van der Waals surface area contributed by atoms with E-state index in [1.165, 1.54) is 17.3 Å². The molecule has 1 aliphatic rings. The quantitative estimate of drug-likeness (QED) is 0.523. The zero-order chi connectivity index (χ0) is 20.8. The molecule has 0 radical (unpaired) electrons. The van der Waals surface area contributed by atoms with Crippen molar-refractivity contribution in [3.63, 3.8) is 0 Å². The van der Waals surface area contributed by atoms with E-state index in [0.29, 0.717) is 5.82 Å². The Labute approximate surface area is 179 Å². The number of hydrogen-bond acceptors (Lipinski definition) is 7. The number of likely N-dealkylation sites (tertiary alicyclic amines) is 1. The molecule has 1 saturated heterocycles. The van der Waals surface area contributed by atoms with Gasteiger partial charge in [-0.15, -0.1) is 11.3 Å². The molecule has 1 aliphatic heterocycles. The van der Waals surface area contributed by atoms with Crippen molar-refractivity contribution in [3.05, 3.63) is 41.9 Å². The zero-order valence-electron chi connectivity index (χ0n) is 17.3. The number of thiophene rings is 1. The molecule has 4 N–H and O–H groups in total. The Kier molecular flexibility index (Phi) is 4.85. The van der Waals surface area contributed by atoms with Crippen molar-refractivity contribution in [3.8, 4) is 16.2 Å². The number of nitrogens with two attached hydrogens (primary N) is 2. The van der Waals surface area contributed by atoms with Gasteiger partial charge in [-0.1, -0.05) is 6.07 Å². The van der Waals surface area contributed by atoms with Crippen LogP contribution >= 0.6 is 11.3 Å². The highest BCUT2D eigenvalue weighted by Crippen LogP contribution is 2.42. The Morgan fingerprint density at radius 3 is 2.93 bits per heavy atom. The number of benzene rings is 1. The number of hydrogen-bond donors (Lipinski definition) is 2. The largest absolute Gasteiger partial charge is 0.495 e. The summed E-state index contributed by atoms with van der Waals surface area (Å²) in [5.41, 5.74) is 16.7. The Bertz CT molecular complexity index is 1230. The van der Waals surface area contributed by atoms with E-state index >= 15 is 0 Å². The molecule has 1 fully saturated rings. The summed E-state index contributed by atoms with van der Waals surface area (Å²) in [5.74, 6) is 1.39. The highest BCUT2D eigenvalue weighted by atomic mass is 32.1. The Morgan fingerprint density at radius 2 is 2.13 bits per heavy atom. The summed E-state index contributed by atoms with van der Waals surface area (Å²) in [4.78, 5) is 7.79. The van der Waals surface area contributed by atoms with Crippen molar-refractivity contribution in [1.29, 1.82) is 0 Å². The van der Waals surface area contributed by atoms with E-state index in [-0.39, 0.29) is 6.04 Å². The van der Waals surface area contributed by atoms with Crippen LogP contribution in [0.15, 0.2) is 30.6 Å². The number of rotatable bonds is 4. The third kappa shape index (κ3) is 3.30. The summed E-state index contributed by atoms with van der Waals surface area (Å²) >= 11 is 1.71. The number of aromatic nitrogens is 3. The van der Waals surface area contributed by atoms with Crippen molar-refractivity contribution < 1.29 is 4.74 Å². The molecule has 0 spiro atoms. The second-order valence-electron chi connectivity index (χ2n) is 8.09. The number of aryl methyl sites for hydroxylation is 1. The van der Waals surface area contributed by atoms with Gasteiger partial charge in [0.2, 0.25) is 0 Å². The van der Waals surface area contributed by atoms with Crippen LogP contribution in [0.2, 0.25) is 0 Å². The van der Waals surface area contributed by atoms with Gasteiger partial charge in [0.05, 0.1) is 17.5 Å². The molecule has 1 aromatic carbocycles.